The molecule has 0 saturated heterocycles. The van der Waals surface area contributed by atoms with Crippen LogP contribution >= 0.6 is 11.3 Å². The normalized spacial score (nSPS) is 13.9. The first-order valence-electron chi connectivity index (χ1n) is 10.9. The van der Waals surface area contributed by atoms with Crippen LogP contribution in [0.1, 0.15) is 43.5 Å². The molecule has 10 heteroatoms. The van der Waals surface area contributed by atoms with Gasteiger partial charge in [-0.15, -0.1) is 0 Å². The van der Waals surface area contributed by atoms with Crippen molar-refractivity contribution < 1.29 is 22.7 Å². The summed E-state index contributed by atoms with van der Waals surface area (Å²) in [6.07, 6.45) is 2.58. The molecule has 1 aromatic heterocycles. The molecular weight excluding hydrogens is 462 g/mol. The average Bonchev–Trinajstić information content (AvgIpc) is 3.40. The van der Waals surface area contributed by atoms with Crippen LogP contribution in [0.5, 0.6) is 11.5 Å². The minimum absolute atomic E-state index is 0.162. The number of thiazole rings is 1. The van der Waals surface area contributed by atoms with Crippen LogP contribution in [-0.2, 0) is 16.6 Å². The van der Waals surface area contributed by atoms with Crippen molar-refractivity contribution in [3.8, 4) is 11.5 Å². The van der Waals surface area contributed by atoms with Gasteiger partial charge < -0.3 is 14.0 Å². The first-order valence-corrected chi connectivity index (χ1v) is 13.2. The topological polar surface area (TPSA) is 90.2 Å². The van der Waals surface area contributed by atoms with Crippen LogP contribution in [0.2, 0.25) is 0 Å². The van der Waals surface area contributed by atoms with Crippen LogP contribution < -0.4 is 14.3 Å². The minimum Gasteiger partial charge on any atom is -0.454 e. The summed E-state index contributed by atoms with van der Waals surface area (Å²) >= 11 is 1.41. The summed E-state index contributed by atoms with van der Waals surface area (Å²) in [5, 5.41) is 0. The number of nitrogens with zero attached hydrogens (tertiary/aromatic N) is 3. The van der Waals surface area contributed by atoms with Gasteiger partial charge in [0.25, 0.3) is 5.91 Å². The lowest BCUT2D eigenvalue weighted by molar-refractivity contribution is 0.0997. The molecular formula is C23H27N3O5S2. The number of aryl methyl sites for hydroxylation is 1. The Morgan fingerprint density at radius 3 is 2.48 bits per heavy atom. The summed E-state index contributed by atoms with van der Waals surface area (Å²) in [5.41, 5.74) is 1.27. The number of rotatable bonds is 8. The molecule has 1 aliphatic heterocycles. The average molecular weight is 490 g/mol. The Morgan fingerprint density at radius 2 is 1.82 bits per heavy atom. The van der Waals surface area contributed by atoms with E-state index in [-0.39, 0.29) is 11.7 Å². The number of hydrogen-bond acceptors (Lipinski definition) is 6. The monoisotopic (exact) mass is 489 g/mol. The molecule has 1 aliphatic rings. The molecule has 0 fully saturated rings. The standard InChI is InChI=1S/C23H27N3O5S2/c1-4-6-12-25(3)33(28,29)17-9-7-16(8-10-17)22(27)24-23-26(11-5-2)18-13-19-20(31-15-30-19)14-21(18)32-23/h7-10,13-14H,4-6,11-12,15H2,1-3H3. The van der Waals surface area contributed by atoms with E-state index < -0.39 is 15.9 Å². The van der Waals surface area contributed by atoms with Gasteiger partial charge in [-0.1, -0.05) is 31.6 Å². The summed E-state index contributed by atoms with van der Waals surface area (Å²) in [6, 6.07) is 9.78. The maximum absolute atomic E-state index is 12.9. The SMILES string of the molecule is CCCCN(C)S(=O)(=O)c1ccc(C(=O)N=c2sc3cc4c(cc3n2CCC)OCO4)cc1. The van der Waals surface area contributed by atoms with Crippen molar-refractivity contribution in [1.82, 2.24) is 8.87 Å². The van der Waals surface area contributed by atoms with E-state index in [1.807, 2.05) is 23.6 Å². The molecule has 2 heterocycles. The van der Waals surface area contributed by atoms with Gasteiger partial charge in [-0.25, -0.2) is 12.7 Å². The van der Waals surface area contributed by atoms with Gasteiger partial charge in [0.1, 0.15) is 0 Å². The molecule has 0 N–H and O–H groups in total. The highest BCUT2D eigenvalue weighted by molar-refractivity contribution is 7.89. The lowest BCUT2D eigenvalue weighted by Gasteiger charge is -2.16. The highest BCUT2D eigenvalue weighted by Crippen LogP contribution is 2.37. The zero-order valence-electron chi connectivity index (χ0n) is 18.9. The number of benzene rings is 2. The fourth-order valence-corrected chi connectivity index (χ4v) is 5.86. The Hall–Kier alpha value is -2.69. The van der Waals surface area contributed by atoms with Crippen molar-refractivity contribution in [1.29, 1.82) is 0 Å². The lowest BCUT2D eigenvalue weighted by atomic mass is 10.2. The summed E-state index contributed by atoms with van der Waals surface area (Å²) in [7, 11) is -2.01. The van der Waals surface area contributed by atoms with E-state index in [0.717, 1.165) is 29.5 Å². The zero-order chi connectivity index (χ0) is 23.6. The summed E-state index contributed by atoms with van der Waals surface area (Å²) in [6.45, 7) is 5.44. The number of carbonyl (C=O) groups is 1. The molecule has 1 amide bonds. The molecule has 0 radical (unpaired) electrons. The molecule has 0 saturated carbocycles. The third-order valence-electron chi connectivity index (χ3n) is 5.46. The quantitative estimate of drug-likeness (QED) is 0.477. The van der Waals surface area contributed by atoms with E-state index in [4.69, 9.17) is 9.47 Å². The number of ether oxygens (including phenoxy) is 2. The summed E-state index contributed by atoms with van der Waals surface area (Å²) in [4.78, 5) is 18.0. The second kappa shape index (κ2) is 9.66. The van der Waals surface area contributed by atoms with Gasteiger partial charge in [-0.3, -0.25) is 4.79 Å². The number of amides is 1. The molecule has 2 aromatic carbocycles. The van der Waals surface area contributed by atoms with Gasteiger partial charge >= 0.3 is 0 Å². The van der Waals surface area contributed by atoms with Crippen molar-refractivity contribution in [2.45, 2.75) is 44.6 Å². The van der Waals surface area contributed by atoms with E-state index in [2.05, 4.69) is 11.9 Å². The van der Waals surface area contributed by atoms with E-state index in [9.17, 15) is 13.2 Å². The number of sulfonamides is 1. The first-order chi connectivity index (χ1) is 15.8. The Labute approximate surface area is 197 Å². The fraction of sp³-hybridized carbons (Fsp3) is 0.391. The molecule has 3 aromatic rings. The predicted molar refractivity (Wildman–Crippen MR) is 127 cm³/mol. The van der Waals surface area contributed by atoms with Crippen LogP contribution in [0.25, 0.3) is 10.2 Å². The lowest BCUT2D eigenvalue weighted by Crippen LogP contribution is -2.27. The molecule has 33 heavy (non-hydrogen) atoms. The smallest absolute Gasteiger partial charge is 0.279 e. The molecule has 0 atom stereocenters. The molecule has 0 bridgehead atoms. The van der Waals surface area contributed by atoms with Gasteiger partial charge in [0, 0.05) is 37.8 Å². The van der Waals surface area contributed by atoms with Gasteiger partial charge in [0.05, 0.1) is 15.1 Å². The van der Waals surface area contributed by atoms with Gasteiger partial charge in [-0.05, 0) is 37.1 Å². The second-order valence-electron chi connectivity index (χ2n) is 7.83. The molecule has 0 aliphatic carbocycles. The van der Waals surface area contributed by atoms with Crippen LogP contribution in [0.4, 0.5) is 0 Å². The Morgan fingerprint density at radius 1 is 1.12 bits per heavy atom. The predicted octanol–water partition coefficient (Wildman–Crippen LogP) is 4.00. The fourth-order valence-electron chi connectivity index (χ4n) is 3.59. The Bertz CT molecular complexity index is 1340. The van der Waals surface area contributed by atoms with Gasteiger partial charge in [-0.2, -0.15) is 4.99 Å². The zero-order valence-corrected chi connectivity index (χ0v) is 20.5. The first kappa shape index (κ1) is 23.5. The molecule has 0 unspecified atom stereocenters. The van der Waals surface area contributed by atoms with Crippen molar-refractivity contribution in [2.75, 3.05) is 20.4 Å². The van der Waals surface area contributed by atoms with Crippen molar-refractivity contribution in [3.05, 3.63) is 46.8 Å². The van der Waals surface area contributed by atoms with E-state index in [0.29, 0.717) is 35.0 Å². The van der Waals surface area contributed by atoms with Crippen LogP contribution in [-0.4, -0.2) is 43.6 Å². The molecule has 4 rings (SSSR count). The van der Waals surface area contributed by atoms with Gasteiger partial charge in [0.15, 0.2) is 16.3 Å². The number of aromatic nitrogens is 1. The number of fused-ring (bicyclic) bond motifs is 2. The van der Waals surface area contributed by atoms with Crippen LogP contribution in [0, 0.1) is 0 Å². The van der Waals surface area contributed by atoms with Crippen molar-refractivity contribution >= 4 is 37.5 Å². The third-order valence-corrected chi connectivity index (χ3v) is 8.37. The van der Waals surface area contributed by atoms with E-state index in [1.165, 1.54) is 39.9 Å². The van der Waals surface area contributed by atoms with Crippen molar-refractivity contribution in [3.63, 3.8) is 0 Å². The van der Waals surface area contributed by atoms with E-state index in [1.54, 1.807) is 7.05 Å². The number of unbranched alkanes of at least 4 members (excludes halogenated alkanes) is 1. The number of hydrogen-bond donors (Lipinski definition) is 0. The Kier molecular flexibility index (Phi) is 6.87. The van der Waals surface area contributed by atoms with E-state index >= 15 is 0 Å². The molecule has 0 spiro atoms. The van der Waals surface area contributed by atoms with Crippen LogP contribution in [0.15, 0.2) is 46.3 Å². The molecule has 176 valence electrons. The summed E-state index contributed by atoms with van der Waals surface area (Å²) < 4.78 is 40.7. The number of carbonyl (C=O) groups excluding carboxylic acids is 1. The highest BCUT2D eigenvalue weighted by atomic mass is 32.2. The maximum atomic E-state index is 12.9. The van der Waals surface area contributed by atoms with Crippen LogP contribution in [0.3, 0.4) is 0 Å². The summed E-state index contributed by atoms with van der Waals surface area (Å²) in [5.74, 6) is 0.949. The minimum atomic E-state index is -3.58. The molecule has 8 nitrogen and oxygen atoms in total. The third kappa shape index (κ3) is 4.68. The maximum Gasteiger partial charge on any atom is 0.279 e. The second-order valence-corrected chi connectivity index (χ2v) is 10.9. The Balaban J connectivity index is 1.65. The van der Waals surface area contributed by atoms with Gasteiger partial charge in [0.2, 0.25) is 16.8 Å². The highest BCUT2D eigenvalue weighted by Gasteiger charge is 2.21. The largest absolute Gasteiger partial charge is 0.454 e. The van der Waals surface area contributed by atoms with Crippen molar-refractivity contribution in [2.24, 2.45) is 4.99 Å².